The largest absolute Gasteiger partial charge is 0.465 e. The summed E-state index contributed by atoms with van der Waals surface area (Å²) in [6, 6.07) is 0. The molecule has 0 saturated carbocycles. The van der Waals surface area contributed by atoms with Crippen LogP contribution in [0.4, 0.5) is 0 Å². The molecule has 0 aromatic rings. The highest BCUT2D eigenvalue weighted by atomic mass is 16.6. The van der Waals surface area contributed by atoms with Crippen LogP contribution in [0.25, 0.3) is 0 Å². The van der Waals surface area contributed by atoms with Gasteiger partial charge in [-0.1, -0.05) is 56.9 Å². The highest BCUT2D eigenvalue weighted by Crippen LogP contribution is 2.31. The van der Waals surface area contributed by atoms with Crippen LogP contribution in [-0.2, 0) is 9.53 Å². The second-order valence-electron chi connectivity index (χ2n) is 7.48. The number of hydrogen-bond acceptors (Lipinski definition) is 4. The number of carbonyl (C=O) groups is 1. The SMILES string of the molecule is CCCCCCCC=C[C@H]1C=CC[C@@H]1CC(C)=C=CCC(O)(O)C(=O)OC. The topological polar surface area (TPSA) is 66.8 Å². The van der Waals surface area contributed by atoms with E-state index in [-0.39, 0.29) is 6.42 Å². The van der Waals surface area contributed by atoms with Gasteiger partial charge in [0.2, 0.25) is 0 Å². The van der Waals surface area contributed by atoms with E-state index in [4.69, 9.17) is 0 Å². The molecule has 0 amide bonds. The number of methoxy groups -OCH3 is 1. The molecule has 0 radical (unpaired) electrons. The number of ether oxygens (including phenoxy) is 1. The number of esters is 1. The molecule has 0 aromatic heterocycles. The highest BCUT2D eigenvalue weighted by Gasteiger charge is 2.33. The second-order valence-corrected chi connectivity index (χ2v) is 7.48. The normalized spacial score (nSPS) is 19.3. The van der Waals surface area contributed by atoms with Crippen molar-refractivity contribution in [1.29, 1.82) is 0 Å². The average Bonchev–Trinajstić information content (AvgIpc) is 3.06. The van der Waals surface area contributed by atoms with Gasteiger partial charge >= 0.3 is 5.97 Å². The number of carbonyl (C=O) groups excluding carboxylic acids is 1. The molecule has 0 fully saturated rings. The first-order valence-corrected chi connectivity index (χ1v) is 10.2. The van der Waals surface area contributed by atoms with Crippen molar-refractivity contribution >= 4 is 5.97 Å². The fourth-order valence-electron chi connectivity index (χ4n) is 3.35. The summed E-state index contributed by atoms with van der Waals surface area (Å²) < 4.78 is 4.36. The number of hydrogen-bond donors (Lipinski definition) is 2. The Morgan fingerprint density at radius 1 is 1.30 bits per heavy atom. The van der Waals surface area contributed by atoms with Crippen molar-refractivity contribution in [3.63, 3.8) is 0 Å². The van der Waals surface area contributed by atoms with Crippen LogP contribution in [-0.4, -0.2) is 29.1 Å². The Bertz CT molecular complexity index is 565. The predicted molar refractivity (Wildman–Crippen MR) is 109 cm³/mol. The highest BCUT2D eigenvalue weighted by molar-refractivity contribution is 5.77. The fraction of sp³-hybridized carbons (Fsp3) is 0.652. The van der Waals surface area contributed by atoms with Crippen LogP contribution >= 0.6 is 0 Å². The zero-order valence-electron chi connectivity index (χ0n) is 17.1. The summed E-state index contributed by atoms with van der Waals surface area (Å²) in [4.78, 5) is 11.2. The maximum atomic E-state index is 11.2. The first kappa shape index (κ1) is 23.4. The molecule has 2 atom stereocenters. The number of aliphatic hydroxyl groups is 2. The zero-order valence-corrected chi connectivity index (χ0v) is 17.1. The van der Waals surface area contributed by atoms with Crippen molar-refractivity contribution < 1.29 is 19.7 Å². The van der Waals surface area contributed by atoms with Gasteiger partial charge in [-0.05, 0) is 56.1 Å². The zero-order chi connectivity index (χ0) is 20.1. The van der Waals surface area contributed by atoms with E-state index in [0.717, 1.165) is 31.9 Å². The third-order valence-electron chi connectivity index (χ3n) is 4.99. The lowest BCUT2D eigenvalue weighted by Crippen LogP contribution is -2.38. The van der Waals surface area contributed by atoms with Crippen molar-refractivity contribution in [3.05, 3.63) is 41.7 Å². The van der Waals surface area contributed by atoms with Crippen molar-refractivity contribution in [2.75, 3.05) is 7.11 Å². The van der Waals surface area contributed by atoms with Crippen molar-refractivity contribution in [1.82, 2.24) is 0 Å². The average molecular weight is 377 g/mol. The maximum Gasteiger partial charge on any atom is 0.366 e. The molecule has 27 heavy (non-hydrogen) atoms. The van der Waals surface area contributed by atoms with Gasteiger partial charge in [0.25, 0.3) is 5.79 Å². The maximum absolute atomic E-state index is 11.2. The third kappa shape index (κ3) is 9.23. The molecule has 0 aromatic carbocycles. The van der Waals surface area contributed by atoms with Gasteiger partial charge < -0.3 is 14.9 Å². The summed E-state index contributed by atoms with van der Waals surface area (Å²) in [6.45, 7) is 4.22. The Hall–Kier alpha value is -1.61. The molecule has 4 nitrogen and oxygen atoms in total. The summed E-state index contributed by atoms with van der Waals surface area (Å²) in [5, 5.41) is 19.2. The lowest BCUT2D eigenvalue weighted by Gasteiger charge is -2.16. The van der Waals surface area contributed by atoms with Gasteiger partial charge in [0.05, 0.1) is 7.11 Å². The molecule has 2 N–H and O–H groups in total. The molecule has 0 heterocycles. The smallest absolute Gasteiger partial charge is 0.366 e. The van der Waals surface area contributed by atoms with Gasteiger partial charge in [-0.25, -0.2) is 4.79 Å². The van der Waals surface area contributed by atoms with Crippen LogP contribution in [0.5, 0.6) is 0 Å². The molecule has 0 bridgehead atoms. The molecule has 0 unspecified atom stereocenters. The third-order valence-corrected chi connectivity index (χ3v) is 4.99. The van der Waals surface area contributed by atoms with Crippen LogP contribution in [0.15, 0.2) is 41.7 Å². The van der Waals surface area contributed by atoms with Crippen molar-refractivity contribution in [2.24, 2.45) is 11.8 Å². The summed E-state index contributed by atoms with van der Waals surface area (Å²) in [7, 11) is 1.13. The Kier molecular flexibility index (Phi) is 11.0. The van der Waals surface area contributed by atoms with Gasteiger partial charge in [-0.3, -0.25) is 0 Å². The molecule has 0 saturated heterocycles. The quantitative estimate of drug-likeness (QED) is 0.168. The van der Waals surface area contributed by atoms with E-state index in [0.29, 0.717) is 11.8 Å². The molecule has 4 heteroatoms. The van der Waals surface area contributed by atoms with E-state index in [1.54, 1.807) is 0 Å². The van der Waals surface area contributed by atoms with E-state index in [9.17, 15) is 15.0 Å². The minimum absolute atomic E-state index is 0.235. The Balaban J connectivity index is 2.45. The van der Waals surface area contributed by atoms with E-state index >= 15 is 0 Å². The molecule has 152 valence electrons. The van der Waals surface area contributed by atoms with Crippen LogP contribution in [0.2, 0.25) is 0 Å². The minimum atomic E-state index is -2.49. The summed E-state index contributed by atoms with van der Waals surface area (Å²) in [5.41, 5.74) is 4.12. The van der Waals surface area contributed by atoms with E-state index < -0.39 is 11.8 Å². The van der Waals surface area contributed by atoms with Crippen molar-refractivity contribution in [2.45, 2.75) is 77.4 Å². The van der Waals surface area contributed by atoms with Crippen LogP contribution in [0.3, 0.4) is 0 Å². The summed E-state index contributed by atoms with van der Waals surface area (Å²) >= 11 is 0. The molecule has 1 rings (SSSR count). The van der Waals surface area contributed by atoms with Crippen LogP contribution in [0.1, 0.15) is 71.6 Å². The number of allylic oxidation sites excluding steroid dienone is 4. The molecule has 1 aliphatic rings. The van der Waals surface area contributed by atoms with Crippen LogP contribution < -0.4 is 0 Å². The molecule has 1 aliphatic carbocycles. The standard InChI is InChI=1S/C23H36O4/c1-4-5-6-7-8-9-10-14-20-15-11-16-21(20)18-19(2)13-12-17-23(25,26)22(24)27-3/h10-12,14-15,20-21,25-26H,4-9,16-18H2,1-3H3/t13?,20-,21+/m0/s1. The first-order chi connectivity index (χ1) is 12.9. The van der Waals surface area contributed by atoms with Gasteiger partial charge in [0, 0.05) is 6.42 Å². The second kappa shape index (κ2) is 12.7. The molecule has 0 aliphatic heterocycles. The summed E-state index contributed by atoms with van der Waals surface area (Å²) in [5.74, 6) is -2.56. The Morgan fingerprint density at radius 2 is 2.04 bits per heavy atom. The summed E-state index contributed by atoms with van der Waals surface area (Å²) in [6.07, 6.45) is 20.1. The van der Waals surface area contributed by atoms with Crippen molar-refractivity contribution in [3.8, 4) is 0 Å². The lowest BCUT2D eigenvalue weighted by molar-refractivity contribution is -0.205. The predicted octanol–water partition coefficient (Wildman–Crippen LogP) is 4.83. The molecule has 0 spiro atoms. The number of unbranched alkanes of at least 4 members (excludes halogenated alkanes) is 5. The van der Waals surface area contributed by atoms with Crippen LogP contribution in [0, 0.1) is 11.8 Å². The van der Waals surface area contributed by atoms with Gasteiger partial charge in [0.1, 0.15) is 0 Å². The van der Waals surface area contributed by atoms with E-state index in [1.807, 2.05) is 6.92 Å². The van der Waals surface area contributed by atoms with E-state index in [1.165, 1.54) is 38.2 Å². The van der Waals surface area contributed by atoms with Gasteiger partial charge in [0.15, 0.2) is 0 Å². The molecular weight excluding hydrogens is 340 g/mol. The van der Waals surface area contributed by atoms with Gasteiger partial charge in [-0.15, -0.1) is 5.73 Å². The Labute approximate surface area is 164 Å². The Morgan fingerprint density at radius 3 is 2.74 bits per heavy atom. The molecular formula is C23H36O4. The minimum Gasteiger partial charge on any atom is -0.465 e. The van der Waals surface area contributed by atoms with Gasteiger partial charge in [-0.2, -0.15) is 0 Å². The number of rotatable bonds is 12. The fourth-order valence-corrected chi connectivity index (χ4v) is 3.35. The lowest BCUT2D eigenvalue weighted by atomic mass is 9.89. The monoisotopic (exact) mass is 376 g/mol. The first-order valence-electron chi connectivity index (χ1n) is 10.2. The van der Waals surface area contributed by atoms with E-state index in [2.05, 4.69) is 41.7 Å².